The second-order valence-electron chi connectivity index (χ2n) is 4.05. The lowest BCUT2D eigenvalue weighted by Crippen LogP contribution is -2.16. The van der Waals surface area contributed by atoms with Gasteiger partial charge in [0.05, 0.1) is 16.8 Å². The zero-order chi connectivity index (χ0) is 15.6. The standard InChI is InChI=1S/C14H8Br2FNO3/c15-7-4-5-11(17)9(6-7)13(19)18-12-8(14(20)21)2-1-3-10(12)16/h1-6H,(H,18,19)(H,20,21). The van der Waals surface area contributed by atoms with Crippen molar-refractivity contribution < 1.29 is 19.1 Å². The molecule has 0 heterocycles. The minimum absolute atomic E-state index is 0.0781. The second-order valence-corrected chi connectivity index (χ2v) is 5.82. The lowest BCUT2D eigenvalue weighted by molar-refractivity contribution is 0.0698. The number of nitrogens with one attached hydrogen (secondary N) is 1. The molecule has 0 atom stereocenters. The molecule has 0 bridgehead atoms. The Bertz CT molecular complexity index is 734. The van der Waals surface area contributed by atoms with E-state index in [1.165, 1.54) is 24.3 Å². The van der Waals surface area contributed by atoms with Gasteiger partial charge in [-0.2, -0.15) is 0 Å². The molecule has 2 N–H and O–H groups in total. The Hall–Kier alpha value is -1.73. The lowest BCUT2D eigenvalue weighted by atomic mass is 10.1. The third-order valence-electron chi connectivity index (χ3n) is 2.66. The van der Waals surface area contributed by atoms with E-state index in [1.807, 2.05) is 0 Å². The monoisotopic (exact) mass is 415 g/mol. The maximum Gasteiger partial charge on any atom is 0.337 e. The topological polar surface area (TPSA) is 66.4 Å². The SMILES string of the molecule is O=C(Nc1c(Br)cccc1C(=O)O)c1cc(Br)ccc1F. The van der Waals surface area contributed by atoms with Crippen molar-refractivity contribution in [3.8, 4) is 0 Å². The van der Waals surface area contributed by atoms with E-state index in [0.717, 1.165) is 6.07 Å². The van der Waals surface area contributed by atoms with Gasteiger partial charge in [-0.25, -0.2) is 9.18 Å². The van der Waals surface area contributed by atoms with Crippen LogP contribution in [0.5, 0.6) is 0 Å². The predicted molar refractivity (Wildman–Crippen MR) is 83.2 cm³/mol. The van der Waals surface area contributed by atoms with Gasteiger partial charge in [0.1, 0.15) is 5.82 Å². The Balaban J connectivity index is 2.41. The maximum absolute atomic E-state index is 13.7. The van der Waals surface area contributed by atoms with Gasteiger partial charge in [0.25, 0.3) is 5.91 Å². The summed E-state index contributed by atoms with van der Waals surface area (Å²) in [6.45, 7) is 0. The van der Waals surface area contributed by atoms with E-state index in [1.54, 1.807) is 6.07 Å². The number of para-hydroxylation sites is 1. The summed E-state index contributed by atoms with van der Waals surface area (Å²) in [4.78, 5) is 23.3. The molecule has 4 nitrogen and oxygen atoms in total. The van der Waals surface area contributed by atoms with Crippen molar-refractivity contribution >= 4 is 49.4 Å². The normalized spacial score (nSPS) is 10.2. The Morgan fingerprint density at radius 3 is 2.48 bits per heavy atom. The minimum atomic E-state index is -1.19. The van der Waals surface area contributed by atoms with Crippen LogP contribution >= 0.6 is 31.9 Å². The molecule has 7 heteroatoms. The number of hydrogen-bond acceptors (Lipinski definition) is 2. The van der Waals surface area contributed by atoms with E-state index < -0.39 is 17.7 Å². The third-order valence-corrected chi connectivity index (χ3v) is 3.81. The number of amides is 1. The fraction of sp³-hybridized carbons (Fsp3) is 0. The van der Waals surface area contributed by atoms with Crippen LogP contribution in [0, 0.1) is 5.82 Å². The highest BCUT2D eigenvalue weighted by molar-refractivity contribution is 9.10. The number of carboxylic acids is 1. The molecule has 0 unspecified atom stereocenters. The van der Waals surface area contributed by atoms with Crippen molar-refractivity contribution in [1.82, 2.24) is 0 Å². The highest BCUT2D eigenvalue weighted by atomic mass is 79.9. The zero-order valence-corrected chi connectivity index (χ0v) is 13.5. The average Bonchev–Trinajstić information content (AvgIpc) is 2.43. The lowest BCUT2D eigenvalue weighted by Gasteiger charge is -2.11. The molecular weight excluding hydrogens is 409 g/mol. The molecule has 0 saturated carbocycles. The number of aromatic carboxylic acids is 1. The first-order valence-corrected chi connectivity index (χ1v) is 7.27. The Morgan fingerprint density at radius 2 is 1.81 bits per heavy atom. The van der Waals surface area contributed by atoms with Crippen molar-refractivity contribution in [3.05, 3.63) is 62.3 Å². The van der Waals surface area contributed by atoms with Gasteiger partial charge in [0.2, 0.25) is 0 Å². The molecule has 0 fully saturated rings. The highest BCUT2D eigenvalue weighted by Gasteiger charge is 2.18. The smallest absolute Gasteiger partial charge is 0.337 e. The molecule has 2 rings (SSSR count). The molecule has 0 aliphatic rings. The van der Waals surface area contributed by atoms with Crippen molar-refractivity contribution in [3.63, 3.8) is 0 Å². The number of rotatable bonds is 3. The number of carboxylic acid groups (broad SMARTS) is 1. The number of hydrogen-bond donors (Lipinski definition) is 2. The summed E-state index contributed by atoms with van der Waals surface area (Å²) in [5.41, 5.74) is -0.195. The van der Waals surface area contributed by atoms with E-state index in [0.29, 0.717) is 8.95 Å². The van der Waals surface area contributed by atoms with Crippen molar-refractivity contribution in [2.45, 2.75) is 0 Å². The number of carbonyl (C=O) groups is 2. The third kappa shape index (κ3) is 3.48. The molecule has 0 spiro atoms. The van der Waals surface area contributed by atoms with Gasteiger partial charge < -0.3 is 10.4 Å². The molecule has 0 saturated heterocycles. The number of benzene rings is 2. The van der Waals surface area contributed by atoms with Crippen LogP contribution in [0.3, 0.4) is 0 Å². The average molecular weight is 417 g/mol. The molecule has 0 radical (unpaired) electrons. The molecule has 108 valence electrons. The predicted octanol–water partition coefficient (Wildman–Crippen LogP) is 4.30. The van der Waals surface area contributed by atoms with Crippen molar-refractivity contribution in [1.29, 1.82) is 0 Å². The number of halogens is 3. The molecule has 2 aromatic carbocycles. The second kappa shape index (κ2) is 6.36. The fourth-order valence-electron chi connectivity index (χ4n) is 1.68. The van der Waals surface area contributed by atoms with E-state index in [-0.39, 0.29) is 16.8 Å². The Labute approximate surface area is 136 Å². The van der Waals surface area contributed by atoms with Crippen LogP contribution in [-0.4, -0.2) is 17.0 Å². The molecule has 2 aromatic rings. The van der Waals surface area contributed by atoms with Gasteiger partial charge in [-0.3, -0.25) is 4.79 Å². The summed E-state index contributed by atoms with van der Waals surface area (Å²) < 4.78 is 14.6. The van der Waals surface area contributed by atoms with Crippen molar-refractivity contribution in [2.24, 2.45) is 0 Å². The quantitative estimate of drug-likeness (QED) is 0.783. The summed E-state index contributed by atoms with van der Waals surface area (Å²) in [5.74, 6) is -2.62. The number of carbonyl (C=O) groups excluding carboxylic acids is 1. The first-order chi connectivity index (χ1) is 9.90. The summed E-state index contributed by atoms with van der Waals surface area (Å²) in [5, 5.41) is 11.5. The van der Waals surface area contributed by atoms with E-state index in [4.69, 9.17) is 5.11 Å². The summed E-state index contributed by atoms with van der Waals surface area (Å²) in [6, 6.07) is 8.40. The van der Waals surface area contributed by atoms with Gasteiger partial charge in [0.15, 0.2) is 0 Å². The first kappa shape index (κ1) is 15.7. The van der Waals surface area contributed by atoms with Gasteiger partial charge >= 0.3 is 5.97 Å². The van der Waals surface area contributed by atoms with Crippen LogP contribution in [0.25, 0.3) is 0 Å². The summed E-state index contributed by atoms with van der Waals surface area (Å²) in [6.07, 6.45) is 0. The van der Waals surface area contributed by atoms with E-state index >= 15 is 0 Å². The molecule has 0 aliphatic carbocycles. The molecule has 0 aromatic heterocycles. The van der Waals surface area contributed by atoms with Gasteiger partial charge in [-0.05, 0) is 46.3 Å². The fourth-order valence-corrected chi connectivity index (χ4v) is 2.51. The summed E-state index contributed by atoms with van der Waals surface area (Å²) in [7, 11) is 0. The zero-order valence-electron chi connectivity index (χ0n) is 10.4. The van der Waals surface area contributed by atoms with Crippen LogP contribution in [0.15, 0.2) is 45.3 Å². The van der Waals surface area contributed by atoms with Crippen LogP contribution in [0.1, 0.15) is 20.7 Å². The van der Waals surface area contributed by atoms with Crippen LogP contribution in [0.4, 0.5) is 10.1 Å². The van der Waals surface area contributed by atoms with E-state index in [9.17, 15) is 14.0 Å². The van der Waals surface area contributed by atoms with Crippen LogP contribution < -0.4 is 5.32 Å². The van der Waals surface area contributed by atoms with Crippen LogP contribution in [0.2, 0.25) is 0 Å². The van der Waals surface area contributed by atoms with Gasteiger partial charge in [0, 0.05) is 8.95 Å². The van der Waals surface area contributed by atoms with Crippen LogP contribution in [-0.2, 0) is 0 Å². The van der Waals surface area contributed by atoms with E-state index in [2.05, 4.69) is 37.2 Å². The molecule has 0 aliphatic heterocycles. The highest BCUT2D eigenvalue weighted by Crippen LogP contribution is 2.27. The first-order valence-electron chi connectivity index (χ1n) is 5.68. The summed E-state index contributed by atoms with van der Waals surface area (Å²) >= 11 is 6.32. The largest absolute Gasteiger partial charge is 0.478 e. The Morgan fingerprint density at radius 1 is 1.10 bits per heavy atom. The van der Waals surface area contributed by atoms with Gasteiger partial charge in [-0.1, -0.05) is 22.0 Å². The van der Waals surface area contributed by atoms with Crippen molar-refractivity contribution in [2.75, 3.05) is 5.32 Å². The maximum atomic E-state index is 13.7. The molecular formula is C14H8Br2FNO3. The molecule has 21 heavy (non-hydrogen) atoms. The Kier molecular flexibility index (Phi) is 4.74. The minimum Gasteiger partial charge on any atom is -0.478 e. The molecule has 1 amide bonds. The van der Waals surface area contributed by atoms with Gasteiger partial charge in [-0.15, -0.1) is 0 Å². The number of anilines is 1.